The Morgan fingerprint density at radius 1 is 0.548 bits per heavy atom. The first-order valence-electron chi connectivity index (χ1n) is 20.2. The van der Waals surface area contributed by atoms with E-state index in [9.17, 15) is 31.2 Å². The summed E-state index contributed by atoms with van der Waals surface area (Å²) in [6.45, 7) is 22.5. The van der Waals surface area contributed by atoms with Crippen molar-refractivity contribution >= 4 is 37.8 Å². The van der Waals surface area contributed by atoms with E-state index >= 15 is 0 Å². The van der Waals surface area contributed by atoms with E-state index < -0.39 is 43.2 Å². The molecule has 62 heavy (non-hydrogen) atoms. The molecule has 0 aromatic heterocycles. The molecule has 0 radical (unpaired) electrons. The van der Waals surface area contributed by atoms with E-state index in [-0.39, 0.29) is 41.8 Å². The van der Waals surface area contributed by atoms with E-state index in [1.807, 2.05) is 41.5 Å². The Kier molecular flexibility index (Phi) is 12.3. The van der Waals surface area contributed by atoms with Gasteiger partial charge in [-0.05, 0) is 152 Å². The number of hydrogen-bond acceptors (Lipinski definition) is 9. The lowest BCUT2D eigenvalue weighted by molar-refractivity contribution is -0.115. The molecule has 11 nitrogen and oxygen atoms in total. The van der Waals surface area contributed by atoms with Crippen LogP contribution in [0.25, 0.3) is 0 Å². The van der Waals surface area contributed by atoms with Crippen molar-refractivity contribution in [3.8, 4) is 23.7 Å². The molecule has 4 aliphatic rings. The summed E-state index contributed by atoms with van der Waals surface area (Å²) in [7, 11) is -7.35. The lowest BCUT2D eigenvalue weighted by Gasteiger charge is -2.21. The molecule has 0 bridgehead atoms. The van der Waals surface area contributed by atoms with Crippen LogP contribution in [0.1, 0.15) is 129 Å². The first kappa shape index (κ1) is 45.9. The fourth-order valence-electron chi connectivity index (χ4n) is 8.78. The van der Waals surface area contributed by atoms with Gasteiger partial charge in [0.15, 0.2) is 11.2 Å². The fourth-order valence-corrected chi connectivity index (χ4v) is 11.5. The Bertz CT molecular complexity index is 2730. The number of carbonyl (C=O) groups is 3. The normalized spacial score (nSPS) is 19.7. The lowest BCUT2D eigenvalue weighted by Crippen LogP contribution is -2.25. The highest BCUT2D eigenvalue weighted by Crippen LogP contribution is 2.47. The van der Waals surface area contributed by atoms with Gasteiger partial charge in [-0.25, -0.2) is 26.4 Å². The number of cyclic esters (lactones) is 2. The van der Waals surface area contributed by atoms with Gasteiger partial charge in [0.1, 0.15) is 5.78 Å². The SMILES string of the molecule is CC#C[C@@]1(C)OC(=O)c2c3c(c(C)c(C)c21)CN(S(=O)(=O)c1ccc(C)cc1)C3.CC#C[C@@]1(C)OC(=O)c2c3c(c(C)c(C)c21)CN(S(=O)(=O)c1ccc(C)cc1)C3.CC(C)=O. The smallest absolute Gasteiger partial charge is 0.340 e. The molecule has 324 valence electrons. The average Bonchev–Trinajstić information content (AvgIpc) is 3.95. The molecule has 0 unspecified atom stereocenters. The molecule has 8 rings (SSSR count). The van der Waals surface area contributed by atoms with E-state index in [0.29, 0.717) is 11.1 Å². The largest absolute Gasteiger partial charge is 0.438 e. The van der Waals surface area contributed by atoms with Gasteiger partial charge >= 0.3 is 11.9 Å². The van der Waals surface area contributed by atoms with Crippen molar-refractivity contribution in [3.05, 3.63) is 126 Å². The molecule has 4 aliphatic heterocycles. The van der Waals surface area contributed by atoms with Crippen molar-refractivity contribution < 1.29 is 40.7 Å². The van der Waals surface area contributed by atoms with Crippen molar-refractivity contribution in [3.63, 3.8) is 0 Å². The zero-order chi connectivity index (χ0) is 45.9. The third kappa shape index (κ3) is 7.88. The highest BCUT2D eigenvalue weighted by atomic mass is 32.2. The molecule has 0 amide bonds. The first-order chi connectivity index (χ1) is 28.9. The summed E-state index contributed by atoms with van der Waals surface area (Å²) in [6, 6.07) is 13.6. The summed E-state index contributed by atoms with van der Waals surface area (Å²) < 4.78 is 67.0. The predicted octanol–water partition coefficient (Wildman–Crippen LogP) is 8.05. The van der Waals surface area contributed by atoms with Gasteiger partial charge in [0.05, 0.1) is 20.9 Å². The summed E-state index contributed by atoms with van der Waals surface area (Å²) in [5.74, 6) is 11.0. The third-order valence-electron chi connectivity index (χ3n) is 12.0. The van der Waals surface area contributed by atoms with E-state index in [1.54, 1.807) is 76.2 Å². The van der Waals surface area contributed by atoms with Crippen molar-refractivity contribution in [2.45, 2.75) is 130 Å². The monoisotopic (exact) mass is 876 g/mol. The van der Waals surface area contributed by atoms with Crippen LogP contribution in [-0.4, -0.2) is 43.2 Å². The summed E-state index contributed by atoms with van der Waals surface area (Å²) >= 11 is 0. The maximum absolute atomic E-state index is 13.2. The second-order valence-electron chi connectivity index (χ2n) is 16.6. The zero-order valence-electron chi connectivity index (χ0n) is 37.3. The van der Waals surface area contributed by atoms with Gasteiger partial charge < -0.3 is 14.3 Å². The number of ether oxygens (including phenoxy) is 2. The van der Waals surface area contributed by atoms with Crippen LogP contribution in [0.15, 0.2) is 58.3 Å². The number of hydrogen-bond donors (Lipinski definition) is 0. The number of nitrogens with zero attached hydrogens (tertiary/aromatic N) is 2. The van der Waals surface area contributed by atoms with Crippen LogP contribution < -0.4 is 0 Å². The van der Waals surface area contributed by atoms with E-state index in [2.05, 4.69) is 23.7 Å². The molecule has 0 N–H and O–H groups in total. The number of sulfonamides is 2. The number of Topliss-reactive ketones (excluding diaryl/α,β-unsaturated/α-hetero) is 1. The van der Waals surface area contributed by atoms with Crippen molar-refractivity contribution in [2.24, 2.45) is 0 Å². The molecule has 13 heteroatoms. The molecule has 0 aliphatic carbocycles. The number of benzene rings is 4. The molecule has 0 saturated carbocycles. The van der Waals surface area contributed by atoms with E-state index in [4.69, 9.17) is 9.47 Å². The van der Waals surface area contributed by atoms with E-state index in [1.165, 1.54) is 22.5 Å². The maximum Gasteiger partial charge on any atom is 0.340 e. The van der Waals surface area contributed by atoms with Crippen LogP contribution in [0.2, 0.25) is 0 Å². The van der Waals surface area contributed by atoms with Crippen LogP contribution in [0.5, 0.6) is 0 Å². The quantitative estimate of drug-likeness (QED) is 0.147. The van der Waals surface area contributed by atoms with Gasteiger partial charge in [-0.15, -0.1) is 11.8 Å². The molecule has 0 spiro atoms. The highest BCUT2D eigenvalue weighted by molar-refractivity contribution is 7.89. The topological polar surface area (TPSA) is 144 Å². The van der Waals surface area contributed by atoms with Crippen LogP contribution in [0.3, 0.4) is 0 Å². The predicted molar refractivity (Wildman–Crippen MR) is 236 cm³/mol. The van der Waals surface area contributed by atoms with Gasteiger partial charge in [-0.3, -0.25) is 0 Å². The average molecular weight is 877 g/mol. The minimum Gasteiger partial charge on any atom is -0.438 e. The fraction of sp³-hybridized carbons (Fsp3) is 0.367. The Hall–Kier alpha value is -5.57. The molecule has 4 aromatic carbocycles. The van der Waals surface area contributed by atoms with Crippen LogP contribution >= 0.6 is 0 Å². The van der Waals surface area contributed by atoms with Crippen molar-refractivity contribution in [2.75, 3.05) is 0 Å². The van der Waals surface area contributed by atoms with Gasteiger partial charge in [0.2, 0.25) is 20.0 Å². The maximum atomic E-state index is 13.2. The minimum absolute atomic E-state index is 0.153. The third-order valence-corrected chi connectivity index (χ3v) is 15.6. The first-order valence-corrected chi connectivity index (χ1v) is 23.1. The van der Waals surface area contributed by atoms with Crippen molar-refractivity contribution in [1.29, 1.82) is 0 Å². The van der Waals surface area contributed by atoms with Crippen LogP contribution in [0.4, 0.5) is 0 Å². The number of aryl methyl sites for hydroxylation is 2. The standard InChI is InChI=1S/2C23H23NO4S.C3H6O/c2*1-6-11-23(5)21-16(4)15(3)18-12-24(13-19(18)20(21)22(25)28-23)29(26,27)17-9-7-14(2)8-10-17;1-3(2)4/h2*7-10H,12-13H2,1-5H3;1-2H3/t2*23-;/m11./s1. The molecular weight excluding hydrogens is 825 g/mol. The summed E-state index contributed by atoms with van der Waals surface area (Å²) in [6.07, 6.45) is 0. The van der Waals surface area contributed by atoms with Crippen molar-refractivity contribution in [1.82, 2.24) is 8.61 Å². The molecule has 4 heterocycles. The van der Waals surface area contributed by atoms with Gasteiger partial charge in [0.25, 0.3) is 0 Å². The molecule has 0 saturated heterocycles. The number of ketones is 1. The Labute approximate surface area is 365 Å². The summed E-state index contributed by atoms with van der Waals surface area (Å²) in [5, 5.41) is 0. The number of carbonyl (C=O) groups excluding carboxylic acids is 3. The lowest BCUT2D eigenvalue weighted by atomic mass is 9.83. The molecule has 4 aromatic rings. The van der Waals surface area contributed by atoms with Crippen LogP contribution in [-0.2, 0) is 71.7 Å². The second-order valence-corrected chi connectivity index (χ2v) is 20.5. The number of rotatable bonds is 4. The molecule has 0 fully saturated rings. The minimum atomic E-state index is -3.67. The number of fused-ring (bicyclic) bond motifs is 6. The second kappa shape index (κ2) is 16.6. The Morgan fingerprint density at radius 3 is 1.13 bits per heavy atom. The van der Waals surface area contributed by atoms with Gasteiger partial charge in [-0.1, -0.05) is 47.2 Å². The zero-order valence-corrected chi connectivity index (χ0v) is 39.0. The molecule has 2 atom stereocenters. The van der Waals surface area contributed by atoms with Gasteiger partial charge in [-0.2, -0.15) is 8.61 Å². The van der Waals surface area contributed by atoms with Crippen LogP contribution in [0, 0.1) is 65.2 Å². The summed E-state index contributed by atoms with van der Waals surface area (Å²) in [4.78, 5) is 35.5. The Morgan fingerprint density at radius 2 is 0.839 bits per heavy atom. The molecular formula is C49H52N2O9S2. The summed E-state index contributed by atoms with van der Waals surface area (Å²) in [5.41, 5.74) is 9.59. The highest BCUT2D eigenvalue weighted by Gasteiger charge is 2.49. The number of esters is 2. The van der Waals surface area contributed by atoms with Gasteiger partial charge in [0, 0.05) is 37.3 Å². The van der Waals surface area contributed by atoms with E-state index in [0.717, 1.165) is 66.8 Å². The Balaban J connectivity index is 0.000000191.